The zero-order valence-corrected chi connectivity index (χ0v) is 6.94. The molecule has 14 heavy (non-hydrogen) atoms. The van der Waals surface area contributed by atoms with E-state index < -0.39 is 23.5 Å². The molecule has 1 rings (SSSR count). The second kappa shape index (κ2) is 4.21. The molecule has 8 nitrogen and oxygen atoms in total. The Morgan fingerprint density at radius 3 is 2.79 bits per heavy atom. The molecule has 0 aliphatic carbocycles. The second-order valence-electron chi connectivity index (χ2n) is 2.32. The molecule has 1 aromatic heterocycles. The van der Waals surface area contributed by atoms with Crippen LogP contribution in [0, 0.1) is 0 Å². The fourth-order valence-corrected chi connectivity index (χ4v) is 0.686. The van der Waals surface area contributed by atoms with E-state index >= 15 is 0 Å². The fraction of sp³-hybridized carbons (Fsp3) is 0.333. The molecule has 0 spiro atoms. The number of hydrogen-bond acceptors (Lipinski definition) is 5. The average Bonchev–Trinajstić information content (AvgIpc) is 2.51. The van der Waals surface area contributed by atoms with Gasteiger partial charge in [0.1, 0.15) is 0 Å². The van der Waals surface area contributed by atoms with Gasteiger partial charge in [0.15, 0.2) is 0 Å². The van der Waals surface area contributed by atoms with Crippen LogP contribution in [0.3, 0.4) is 0 Å². The van der Waals surface area contributed by atoms with Gasteiger partial charge in [0.05, 0.1) is 6.42 Å². The van der Waals surface area contributed by atoms with Gasteiger partial charge in [-0.3, -0.25) is 9.59 Å². The van der Waals surface area contributed by atoms with E-state index in [-0.39, 0.29) is 13.0 Å². The zero-order valence-electron chi connectivity index (χ0n) is 6.94. The summed E-state index contributed by atoms with van der Waals surface area (Å²) in [6.07, 6.45) is -0.208. The molecule has 0 aliphatic rings. The molecule has 1 amide bonds. The number of carbonyl (C=O) groups is 2. The minimum Gasteiger partial charge on any atom is -0.481 e. The van der Waals surface area contributed by atoms with Crippen LogP contribution in [0.1, 0.15) is 17.1 Å². The van der Waals surface area contributed by atoms with Gasteiger partial charge in [0.2, 0.25) is 0 Å². The highest BCUT2D eigenvalue weighted by Crippen LogP contribution is 1.87. The fourth-order valence-electron chi connectivity index (χ4n) is 0.686. The molecule has 0 aromatic carbocycles. The number of carboxylic acids is 1. The predicted molar refractivity (Wildman–Crippen MR) is 41.7 cm³/mol. The number of nitrogens with one attached hydrogen (secondary N) is 2. The summed E-state index contributed by atoms with van der Waals surface area (Å²) in [5.74, 6) is -3.02. The molecule has 8 heteroatoms. The van der Waals surface area contributed by atoms with Crippen LogP contribution < -0.4 is 11.1 Å². The van der Waals surface area contributed by atoms with Crippen molar-refractivity contribution in [3.8, 4) is 0 Å². The van der Waals surface area contributed by atoms with Crippen LogP contribution in [0.15, 0.2) is 9.21 Å². The van der Waals surface area contributed by atoms with E-state index in [1.807, 2.05) is 5.10 Å². The summed E-state index contributed by atoms with van der Waals surface area (Å²) in [6, 6.07) is 0. The predicted octanol–water partition coefficient (Wildman–Crippen LogP) is -1.43. The van der Waals surface area contributed by atoms with Crippen molar-refractivity contribution in [2.45, 2.75) is 6.42 Å². The number of rotatable bonds is 4. The summed E-state index contributed by atoms with van der Waals surface area (Å²) in [5, 5.41) is 15.6. The number of carboxylic acid groups (broad SMARTS) is 1. The maximum Gasteiger partial charge on any atom is 0.434 e. The van der Waals surface area contributed by atoms with E-state index in [1.165, 1.54) is 0 Å². The SMILES string of the molecule is O=C(O)CCNC(=O)c1n[nH]c(=O)o1. The van der Waals surface area contributed by atoms with Crippen LogP contribution >= 0.6 is 0 Å². The van der Waals surface area contributed by atoms with Crippen molar-refractivity contribution in [3.05, 3.63) is 16.4 Å². The van der Waals surface area contributed by atoms with Gasteiger partial charge in [-0.2, -0.15) is 0 Å². The first-order valence-corrected chi connectivity index (χ1v) is 3.65. The van der Waals surface area contributed by atoms with Crippen LogP contribution in [0.25, 0.3) is 0 Å². The van der Waals surface area contributed by atoms with Gasteiger partial charge in [-0.05, 0) is 0 Å². The number of aliphatic carboxylic acids is 1. The van der Waals surface area contributed by atoms with E-state index in [0.29, 0.717) is 0 Å². The highest BCUT2D eigenvalue weighted by Gasteiger charge is 2.11. The lowest BCUT2D eigenvalue weighted by molar-refractivity contribution is -0.136. The topological polar surface area (TPSA) is 125 Å². The molecule has 0 bridgehead atoms. The van der Waals surface area contributed by atoms with E-state index in [1.54, 1.807) is 0 Å². The van der Waals surface area contributed by atoms with Crippen molar-refractivity contribution in [3.63, 3.8) is 0 Å². The van der Waals surface area contributed by atoms with Crippen molar-refractivity contribution in [2.75, 3.05) is 6.54 Å². The molecule has 0 saturated carbocycles. The first-order valence-electron chi connectivity index (χ1n) is 3.65. The van der Waals surface area contributed by atoms with Crippen molar-refractivity contribution in [1.82, 2.24) is 15.5 Å². The molecule has 1 aromatic rings. The molecule has 0 fully saturated rings. The van der Waals surface area contributed by atoms with Crippen LogP contribution in [-0.2, 0) is 4.79 Å². The molecular weight excluding hydrogens is 194 g/mol. The first-order chi connectivity index (χ1) is 6.59. The second-order valence-corrected chi connectivity index (χ2v) is 2.32. The Morgan fingerprint density at radius 2 is 2.29 bits per heavy atom. The average molecular weight is 201 g/mol. The molecule has 0 radical (unpaired) electrons. The summed E-state index contributed by atoms with van der Waals surface area (Å²) in [7, 11) is 0. The van der Waals surface area contributed by atoms with Crippen LogP contribution in [0.4, 0.5) is 0 Å². The number of aromatic nitrogens is 2. The lowest BCUT2D eigenvalue weighted by Gasteiger charge is -1.97. The Kier molecular flexibility index (Phi) is 3.00. The van der Waals surface area contributed by atoms with Gasteiger partial charge >= 0.3 is 23.5 Å². The third-order valence-electron chi connectivity index (χ3n) is 1.26. The normalized spacial score (nSPS) is 9.71. The molecular formula is C6H7N3O5. The van der Waals surface area contributed by atoms with Gasteiger partial charge in [-0.1, -0.05) is 0 Å². The number of aromatic amines is 1. The minimum absolute atomic E-state index is 0.0509. The van der Waals surface area contributed by atoms with Crippen LogP contribution in [0.5, 0.6) is 0 Å². The van der Waals surface area contributed by atoms with Crippen molar-refractivity contribution >= 4 is 11.9 Å². The smallest absolute Gasteiger partial charge is 0.434 e. The van der Waals surface area contributed by atoms with Crippen LogP contribution in [0.2, 0.25) is 0 Å². The number of H-pyrrole nitrogens is 1. The first kappa shape index (κ1) is 9.96. The number of amides is 1. The van der Waals surface area contributed by atoms with E-state index in [9.17, 15) is 14.4 Å². The maximum atomic E-state index is 11.0. The summed E-state index contributed by atoms with van der Waals surface area (Å²) in [6.45, 7) is -0.0509. The summed E-state index contributed by atoms with van der Waals surface area (Å²) in [4.78, 5) is 31.5. The standard InChI is InChI=1S/C6H7N3O5/c10-3(11)1-2-7-4(12)5-8-9-6(13)14-5/h1-2H2,(H,7,12)(H,9,13)(H,10,11). The number of nitrogens with zero attached hydrogens (tertiary/aromatic N) is 1. The highest BCUT2D eigenvalue weighted by molar-refractivity contribution is 5.89. The number of hydrogen-bond donors (Lipinski definition) is 3. The minimum atomic E-state index is -1.03. The Labute approximate surface area is 76.9 Å². The molecule has 0 saturated heterocycles. The van der Waals surface area contributed by atoms with Crippen molar-refractivity contribution < 1.29 is 19.1 Å². The molecule has 76 valence electrons. The van der Waals surface area contributed by atoms with Gasteiger partial charge in [0.25, 0.3) is 0 Å². The van der Waals surface area contributed by atoms with Gasteiger partial charge in [0, 0.05) is 6.54 Å². The van der Waals surface area contributed by atoms with Crippen molar-refractivity contribution in [1.29, 1.82) is 0 Å². The monoisotopic (exact) mass is 201 g/mol. The molecule has 0 aliphatic heterocycles. The molecule has 1 heterocycles. The summed E-state index contributed by atoms with van der Waals surface area (Å²) in [5.41, 5.74) is 0. The third kappa shape index (κ3) is 2.73. The zero-order chi connectivity index (χ0) is 10.6. The van der Waals surface area contributed by atoms with E-state index in [4.69, 9.17) is 5.11 Å². The number of carbonyl (C=O) groups excluding carboxylic acids is 1. The Hall–Kier alpha value is -2.12. The third-order valence-corrected chi connectivity index (χ3v) is 1.26. The van der Waals surface area contributed by atoms with E-state index in [2.05, 4.69) is 14.8 Å². The molecule has 3 N–H and O–H groups in total. The van der Waals surface area contributed by atoms with Gasteiger partial charge < -0.3 is 14.8 Å². The van der Waals surface area contributed by atoms with Gasteiger partial charge in [-0.25, -0.2) is 9.89 Å². The Bertz CT molecular complexity index is 392. The maximum absolute atomic E-state index is 11.0. The van der Waals surface area contributed by atoms with E-state index in [0.717, 1.165) is 0 Å². The quantitative estimate of drug-likeness (QED) is 0.548. The molecule has 0 unspecified atom stereocenters. The highest BCUT2D eigenvalue weighted by atomic mass is 16.4. The Balaban J connectivity index is 2.43. The summed E-state index contributed by atoms with van der Waals surface area (Å²) < 4.78 is 4.32. The molecule has 0 atom stereocenters. The Morgan fingerprint density at radius 1 is 1.57 bits per heavy atom. The van der Waals surface area contributed by atoms with Crippen LogP contribution in [-0.4, -0.2) is 33.7 Å². The summed E-state index contributed by atoms with van der Waals surface area (Å²) >= 11 is 0. The lowest BCUT2D eigenvalue weighted by atomic mass is 10.4. The van der Waals surface area contributed by atoms with Gasteiger partial charge in [-0.15, -0.1) is 5.10 Å². The lowest BCUT2D eigenvalue weighted by Crippen LogP contribution is -2.26. The largest absolute Gasteiger partial charge is 0.481 e. The van der Waals surface area contributed by atoms with Crippen molar-refractivity contribution in [2.24, 2.45) is 0 Å².